The van der Waals surface area contributed by atoms with Crippen molar-refractivity contribution >= 4 is 33.3 Å². The van der Waals surface area contributed by atoms with Gasteiger partial charge in [0, 0.05) is 30.4 Å². The van der Waals surface area contributed by atoms with E-state index >= 15 is 0 Å². The lowest BCUT2D eigenvalue weighted by Gasteiger charge is -2.23. The van der Waals surface area contributed by atoms with Crippen LogP contribution >= 0.6 is 0 Å². The SMILES string of the molecule is CC(=N)N(CCO)CCNc1c2ccccc2nc2ccccc12. The second kappa shape index (κ2) is 7.27. The summed E-state index contributed by atoms with van der Waals surface area (Å²) < 4.78 is 0. The highest BCUT2D eigenvalue weighted by molar-refractivity contribution is 6.07. The molecule has 0 atom stereocenters. The molecule has 0 spiro atoms. The van der Waals surface area contributed by atoms with Gasteiger partial charge in [-0.25, -0.2) is 4.98 Å². The molecule has 5 nitrogen and oxygen atoms in total. The number of benzene rings is 2. The number of aliphatic hydroxyl groups excluding tert-OH is 1. The van der Waals surface area contributed by atoms with Gasteiger partial charge in [0.05, 0.1) is 29.2 Å². The molecule has 0 unspecified atom stereocenters. The summed E-state index contributed by atoms with van der Waals surface area (Å²) >= 11 is 0. The predicted octanol–water partition coefficient (Wildman–Crippen LogP) is 3.09. The maximum Gasteiger partial charge on any atom is 0.0927 e. The first kappa shape index (κ1) is 16.2. The number of amidine groups is 1. The Morgan fingerprint density at radius 1 is 1.04 bits per heavy atom. The van der Waals surface area contributed by atoms with Crippen LogP contribution in [0.3, 0.4) is 0 Å². The van der Waals surface area contributed by atoms with Crippen molar-refractivity contribution in [2.45, 2.75) is 6.92 Å². The molecule has 3 N–H and O–H groups in total. The summed E-state index contributed by atoms with van der Waals surface area (Å²) in [6.07, 6.45) is 0. The largest absolute Gasteiger partial charge is 0.395 e. The van der Waals surface area contributed by atoms with E-state index in [0.29, 0.717) is 25.5 Å². The number of rotatable bonds is 6. The Labute approximate surface area is 141 Å². The molecule has 0 amide bonds. The van der Waals surface area contributed by atoms with Crippen LogP contribution < -0.4 is 5.32 Å². The Bertz CT molecular complexity index is 808. The van der Waals surface area contributed by atoms with Crippen LogP contribution in [0.5, 0.6) is 0 Å². The molecule has 0 aliphatic heterocycles. The van der Waals surface area contributed by atoms with Gasteiger partial charge in [0.25, 0.3) is 0 Å². The van der Waals surface area contributed by atoms with Gasteiger partial charge in [0.1, 0.15) is 0 Å². The number of aromatic nitrogens is 1. The highest BCUT2D eigenvalue weighted by Gasteiger charge is 2.09. The number of pyridine rings is 1. The molecule has 1 aromatic heterocycles. The van der Waals surface area contributed by atoms with E-state index in [0.717, 1.165) is 27.5 Å². The summed E-state index contributed by atoms with van der Waals surface area (Å²) in [5.74, 6) is 0.468. The lowest BCUT2D eigenvalue weighted by Crippen LogP contribution is -2.35. The molecule has 5 heteroatoms. The third-order valence-corrected chi connectivity index (χ3v) is 4.12. The van der Waals surface area contributed by atoms with Gasteiger partial charge in [-0.1, -0.05) is 36.4 Å². The summed E-state index contributed by atoms with van der Waals surface area (Å²) in [6.45, 7) is 3.63. The molecule has 3 aromatic rings. The minimum absolute atomic E-state index is 0.0529. The van der Waals surface area contributed by atoms with Crippen molar-refractivity contribution < 1.29 is 5.11 Å². The first-order valence-corrected chi connectivity index (χ1v) is 8.13. The van der Waals surface area contributed by atoms with E-state index in [4.69, 9.17) is 15.5 Å². The molecular formula is C19H22N4O. The standard InChI is InChI=1S/C19H22N4O/c1-14(20)23(12-13-24)11-10-21-19-15-6-2-4-8-17(15)22-18-9-5-3-7-16(18)19/h2-9,20,24H,10-13H2,1H3,(H,21,22). The monoisotopic (exact) mass is 322 g/mol. The number of para-hydroxylation sites is 2. The summed E-state index contributed by atoms with van der Waals surface area (Å²) in [5.41, 5.74) is 3.01. The topological polar surface area (TPSA) is 72.2 Å². The minimum Gasteiger partial charge on any atom is -0.395 e. The van der Waals surface area contributed by atoms with Gasteiger partial charge < -0.3 is 15.3 Å². The molecule has 124 valence electrons. The predicted molar refractivity (Wildman–Crippen MR) is 99.8 cm³/mol. The molecule has 0 saturated carbocycles. The molecule has 0 bridgehead atoms. The molecule has 0 saturated heterocycles. The number of aliphatic hydroxyl groups is 1. The second-order valence-electron chi connectivity index (χ2n) is 5.74. The first-order valence-electron chi connectivity index (χ1n) is 8.13. The van der Waals surface area contributed by atoms with E-state index < -0.39 is 0 Å². The lowest BCUT2D eigenvalue weighted by molar-refractivity contribution is 0.251. The number of nitrogens with one attached hydrogen (secondary N) is 2. The number of hydrogen-bond donors (Lipinski definition) is 3. The van der Waals surface area contributed by atoms with Crippen LogP contribution in [0.2, 0.25) is 0 Å². The fourth-order valence-electron chi connectivity index (χ4n) is 2.91. The van der Waals surface area contributed by atoms with Gasteiger partial charge >= 0.3 is 0 Å². The van der Waals surface area contributed by atoms with Crippen LogP contribution in [0.25, 0.3) is 21.8 Å². The van der Waals surface area contributed by atoms with Crippen LogP contribution in [0, 0.1) is 5.41 Å². The molecule has 2 aromatic carbocycles. The van der Waals surface area contributed by atoms with E-state index in [1.807, 2.05) is 41.3 Å². The highest BCUT2D eigenvalue weighted by Crippen LogP contribution is 2.30. The van der Waals surface area contributed by atoms with E-state index in [9.17, 15) is 0 Å². The van der Waals surface area contributed by atoms with Crippen LogP contribution in [0.1, 0.15) is 6.92 Å². The number of fused-ring (bicyclic) bond motifs is 2. The number of hydrogen-bond acceptors (Lipinski definition) is 4. The zero-order chi connectivity index (χ0) is 16.9. The van der Waals surface area contributed by atoms with Crippen LogP contribution in [-0.4, -0.2) is 47.1 Å². The number of anilines is 1. The maximum absolute atomic E-state index is 9.12. The van der Waals surface area contributed by atoms with Crippen LogP contribution in [-0.2, 0) is 0 Å². The smallest absolute Gasteiger partial charge is 0.0927 e. The van der Waals surface area contributed by atoms with E-state index in [-0.39, 0.29) is 6.61 Å². The van der Waals surface area contributed by atoms with Gasteiger partial charge in [0.15, 0.2) is 0 Å². The quantitative estimate of drug-likeness (QED) is 0.370. The van der Waals surface area contributed by atoms with E-state index in [2.05, 4.69) is 17.4 Å². The fourth-order valence-corrected chi connectivity index (χ4v) is 2.91. The van der Waals surface area contributed by atoms with Crippen LogP contribution in [0.4, 0.5) is 5.69 Å². The number of nitrogens with zero attached hydrogens (tertiary/aromatic N) is 2. The van der Waals surface area contributed by atoms with Crippen molar-refractivity contribution in [2.24, 2.45) is 0 Å². The van der Waals surface area contributed by atoms with Gasteiger partial charge in [-0.05, 0) is 19.1 Å². The van der Waals surface area contributed by atoms with Crippen molar-refractivity contribution in [2.75, 3.05) is 31.6 Å². The van der Waals surface area contributed by atoms with Crippen molar-refractivity contribution in [1.29, 1.82) is 5.41 Å². The molecule has 0 aliphatic rings. The Morgan fingerprint density at radius 2 is 1.62 bits per heavy atom. The maximum atomic E-state index is 9.12. The van der Waals surface area contributed by atoms with E-state index in [1.165, 1.54) is 0 Å². The molecule has 0 fully saturated rings. The Balaban J connectivity index is 1.90. The third-order valence-electron chi connectivity index (χ3n) is 4.12. The van der Waals surface area contributed by atoms with Crippen molar-refractivity contribution in [3.8, 4) is 0 Å². The Hall–Kier alpha value is -2.66. The van der Waals surface area contributed by atoms with E-state index in [1.54, 1.807) is 6.92 Å². The lowest BCUT2D eigenvalue weighted by atomic mass is 10.1. The van der Waals surface area contributed by atoms with Crippen molar-refractivity contribution in [1.82, 2.24) is 9.88 Å². The summed E-state index contributed by atoms with van der Waals surface area (Å²) in [5, 5.41) is 22.6. The summed E-state index contributed by atoms with van der Waals surface area (Å²) in [4.78, 5) is 6.58. The van der Waals surface area contributed by atoms with Crippen molar-refractivity contribution in [3.05, 3.63) is 48.5 Å². The molecular weight excluding hydrogens is 300 g/mol. The zero-order valence-electron chi connectivity index (χ0n) is 13.8. The third kappa shape index (κ3) is 3.31. The normalized spacial score (nSPS) is 10.9. The molecule has 1 heterocycles. The molecule has 0 aliphatic carbocycles. The summed E-state index contributed by atoms with van der Waals surface area (Å²) in [7, 11) is 0. The summed E-state index contributed by atoms with van der Waals surface area (Å²) in [6, 6.07) is 16.2. The molecule has 3 rings (SSSR count). The van der Waals surface area contributed by atoms with Gasteiger partial charge in [-0.3, -0.25) is 5.41 Å². The highest BCUT2D eigenvalue weighted by atomic mass is 16.3. The fraction of sp³-hybridized carbons (Fsp3) is 0.263. The minimum atomic E-state index is 0.0529. The van der Waals surface area contributed by atoms with Gasteiger partial charge in [0.2, 0.25) is 0 Å². The zero-order valence-corrected chi connectivity index (χ0v) is 13.8. The molecule has 24 heavy (non-hydrogen) atoms. The Morgan fingerprint density at radius 3 is 2.17 bits per heavy atom. The van der Waals surface area contributed by atoms with Gasteiger partial charge in [-0.15, -0.1) is 0 Å². The second-order valence-corrected chi connectivity index (χ2v) is 5.74. The first-order chi connectivity index (χ1) is 11.7. The average Bonchev–Trinajstić information content (AvgIpc) is 2.60. The Kier molecular flexibility index (Phi) is 4.91. The van der Waals surface area contributed by atoms with Crippen LogP contribution in [0.15, 0.2) is 48.5 Å². The average molecular weight is 322 g/mol. The van der Waals surface area contributed by atoms with Gasteiger partial charge in [-0.2, -0.15) is 0 Å². The van der Waals surface area contributed by atoms with Crippen molar-refractivity contribution in [3.63, 3.8) is 0 Å². The molecule has 0 radical (unpaired) electrons.